The lowest BCUT2D eigenvalue weighted by Gasteiger charge is -2.34. The van der Waals surface area contributed by atoms with Gasteiger partial charge in [0.05, 0.1) is 12.2 Å². The van der Waals surface area contributed by atoms with Gasteiger partial charge in [-0.2, -0.15) is 0 Å². The predicted octanol–water partition coefficient (Wildman–Crippen LogP) is 2.74. The van der Waals surface area contributed by atoms with E-state index in [1.54, 1.807) is 14.2 Å². The first-order valence-corrected chi connectivity index (χ1v) is 8.36. The molecule has 0 aromatic carbocycles. The van der Waals surface area contributed by atoms with Gasteiger partial charge in [0, 0.05) is 27.1 Å². The molecule has 0 radical (unpaired) electrons. The quantitative estimate of drug-likeness (QED) is 0.788. The van der Waals surface area contributed by atoms with Crippen molar-refractivity contribution < 1.29 is 14.2 Å². The van der Waals surface area contributed by atoms with Crippen LogP contribution in [0, 0.1) is 0 Å². The zero-order valence-electron chi connectivity index (χ0n) is 10.6. The fraction of sp³-hybridized carbons (Fsp3) is 1.00. The zero-order chi connectivity index (χ0) is 12.1. The lowest BCUT2D eigenvalue weighted by atomic mass is 10.2. The molecule has 2 heterocycles. The number of hydrogen-bond donors (Lipinski definition) is 0. The Hall–Kier alpha value is 0.580. The second kappa shape index (κ2) is 7.24. The summed E-state index contributed by atoms with van der Waals surface area (Å²) in [4.78, 5) is 0. The van der Waals surface area contributed by atoms with Crippen molar-refractivity contribution in [1.82, 2.24) is 0 Å². The van der Waals surface area contributed by atoms with Gasteiger partial charge < -0.3 is 14.2 Å². The Labute approximate surface area is 112 Å². The molecule has 0 aromatic rings. The zero-order valence-corrected chi connectivity index (χ0v) is 12.2. The predicted molar refractivity (Wildman–Crippen MR) is 73.6 cm³/mol. The van der Waals surface area contributed by atoms with E-state index in [4.69, 9.17) is 14.2 Å². The van der Waals surface area contributed by atoms with E-state index in [0.717, 1.165) is 37.2 Å². The summed E-state index contributed by atoms with van der Waals surface area (Å²) < 4.78 is 17.0. The van der Waals surface area contributed by atoms with Crippen molar-refractivity contribution >= 4 is 23.5 Å². The van der Waals surface area contributed by atoms with Gasteiger partial charge in [-0.05, 0) is 24.3 Å². The van der Waals surface area contributed by atoms with Gasteiger partial charge >= 0.3 is 0 Å². The molecule has 2 rings (SSSR count). The van der Waals surface area contributed by atoms with Gasteiger partial charge in [0.1, 0.15) is 10.9 Å². The molecular formula is C12H22O3S2. The number of ether oxygens (including phenoxy) is 3. The standard InChI is InChI=1S/C12H22O3S2/c1-13-9-3-5-16-11(7-9)15-12-8-10(14-2)4-6-17-12/h9-12H,3-8H2,1-2H3. The fourth-order valence-corrected chi connectivity index (χ4v) is 4.77. The van der Waals surface area contributed by atoms with Crippen molar-refractivity contribution in [2.75, 3.05) is 25.7 Å². The Morgan fingerprint density at radius 2 is 1.29 bits per heavy atom. The lowest BCUT2D eigenvalue weighted by molar-refractivity contribution is -0.00370. The monoisotopic (exact) mass is 278 g/mol. The van der Waals surface area contributed by atoms with E-state index in [0.29, 0.717) is 23.1 Å². The first-order valence-electron chi connectivity index (χ1n) is 6.26. The Kier molecular flexibility index (Phi) is 5.96. The van der Waals surface area contributed by atoms with Gasteiger partial charge in [0.25, 0.3) is 0 Å². The molecule has 2 fully saturated rings. The van der Waals surface area contributed by atoms with E-state index in [1.165, 1.54) is 0 Å². The van der Waals surface area contributed by atoms with E-state index >= 15 is 0 Å². The molecule has 0 N–H and O–H groups in total. The van der Waals surface area contributed by atoms with Gasteiger partial charge in [0.15, 0.2) is 0 Å². The Bertz CT molecular complexity index is 206. The summed E-state index contributed by atoms with van der Waals surface area (Å²) in [6.45, 7) is 0. The molecule has 17 heavy (non-hydrogen) atoms. The Morgan fingerprint density at radius 3 is 1.71 bits per heavy atom. The summed E-state index contributed by atoms with van der Waals surface area (Å²) in [5, 5.41) is 0. The van der Waals surface area contributed by atoms with Crippen LogP contribution in [0.15, 0.2) is 0 Å². The van der Waals surface area contributed by atoms with Crippen molar-refractivity contribution in [3.8, 4) is 0 Å². The van der Waals surface area contributed by atoms with Crippen molar-refractivity contribution in [3.05, 3.63) is 0 Å². The maximum Gasteiger partial charge on any atom is 0.107 e. The van der Waals surface area contributed by atoms with E-state index in [9.17, 15) is 0 Å². The van der Waals surface area contributed by atoms with Crippen LogP contribution in [0.5, 0.6) is 0 Å². The second-order valence-electron chi connectivity index (χ2n) is 4.50. The SMILES string of the molecule is COC1CCSC(OC2CC(OC)CCS2)C1. The Morgan fingerprint density at radius 1 is 0.824 bits per heavy atom. The minimum atomic E-state index is 0.307. The summed E-state index contributed by atoms with van der Waals surface area (Å²) in [6.07, 6.45) is 5.12. The number of rotatable bonds is 4. The molecular weight excluding hydrogens is 256 g/mol. The first-order chi connectivity index (χ1) is 8.31. The first kappa shape index (κ1) is 14.0. The number of methoxy groups -OCH3 is 2. The van der Waals surface area contributed by atoms with Gasteiger partial charge in [-0.25, -0.2) is 0 Å². The van der Waals surface area contributed by atoms with Crippen molar-refractivity contribution in [3.63, 3.8) is 0 Å². The molecule has 0 amide bonds. The van der Waals surface area contributed by atoms with Crippen LogP contribution in [0.2, 0.25) is 0 Å². The van der Waals surface area contributed by atoms with Crippen LogP contribution < -0.4 is 0 Å². The largest absolute Gasteiger partial charge is 0.381 e. The third kappa shape index (κ3) is 4.31. The lowest BCUT2D eigenvalue weighted by Crippen LogP contribution is -2.32. The summed E-state index contributed by atoms with van der Waals surface area (Å²) in [5.41, 5.74) is 0.614. The van der Waals surface area contributed by atoms with Crippen LogP contribution in [0.4, 0.5) is 0 Å². The van der Waals surface area contributed by atoms with Crippen LogP contribution in [-0.4, -0.2) is 48.8 Å². The second-order valence-corrected chi connectivity index (χ2v) is 7.04. The van der Waals surface area contributed by atoms with Crippen LogP contribution >= 0.6 is 23.5 Å². The topological polar surface area (TPSA) is 27.7 Å². The number of hydrogen-bond acceptors (Lipinski definition) is 5. The van der Waals surface area contributed by atoms with Gasteiger partial charge in [-0.3, -0.25) is 0 Å². The van der Waals surface area contributed by atoms with Crippen LogP contribution in [0.1, 0.15) is 25.7 Å². The highest BCUT2D eigenvalue weighted by Gasteiger charge is 2.29. The third-order valence-electron chi connectivity index (χ3n) is 3.37. The molecule has 4 atom stereocenters. The molecule has 3 nitrogen and oxygen atoms in total. The molecule has 2 saturated heterocycles. The van der Waals surface area contributed by atoms with Crippen molar-refractivity contribution in [2.24, 2.45) is 0 Å². The van der Waals surface area contributed by atoms with Gasteiger partial charge in [0.2, 0.25) is 0 Å². The van der Waals surface area contributed by atoms with Gasteiger partial charge in [-0.1, -0.05) is 0 Å². The average Bonchev–Trinajstić information content (AvgIpc) is 2.39. The maximum absolute atomic E-state index is 6.16. The fourth-order valence-electron chi connectivity index (χ4n) is 2.25. The molecule has 2 aliphatic heterocycles. The average molecular weight is 278 g/mol. The molecule has 4 unspecified atom stereocenters. The van der Waals surface area contributed by atoms with E-state index in [2.05, 4.69) is 0 Å². The summed E-state index contributed by atoms with van der Waals surface area (Å²) >= 11 is 3.86. The molecule has 0 aliphatic carbocycles. The highest BCUT2D eigenvalue weighted by atomic mass is 32.2. The molecule has 5 heteroatoms. The molecule has 100 valence electrons. The van der Waals surface area contributed by atoms with Crippen LogP contribution in [0.25, 0.3) is 0 Å². The van der Waals surface area contributed by atoms with Crippen molar-refractivity contribution in [1.29, 1.82) is 0 Å². The molecule has 0 spiro atoms. The number of thioether (sulfide) groups is 2. The summed E-state index contributed by atoms with van der Waals surface area (Å²) in [6, 6.07) is 0. The highest BCUT2D eigenvalue weighted by molar-refractivity contribution is 8.00. The summed E-state index contributed by atoms with van der Waals surface area (Å²) in [5.74, 6) is 2.29. The highest BCUT2D eigenvalue weighted by Crippen LogP contribution is 2.34. The molecule has 0 aromatic heterocycles. The molecule has 0 bridgehead atoms. The van der Waals surface area contributed by atoms with Crippen LogP contribution in [0.3, 0.4) is 0 Å². The normalized spacial score (nSPS) is 39.2. The minimum absolute atomic E-state index is 0.307. The molecule has 2 aliphatic rings. The summed E-state index contributed by atoms with van der Waals surface area (Å²) in [7, 11) is 3.60. The maximum atomic E-state index is 6.16. The van der Waals surface area contributed by atoms with Crippen molar-refractivity contribution in [2.45, 2.75) is 48.8 Å². The third-order valence-corrected chi connectivity index (χ3v) is 5.66. The Balaban J connectivity index is 1.75. The van der Waals surface area contributed by atoms with Crippen LogP contribution in [-0.2, 0) is 14.2 Å². The van der Waals surface area contributed by atoms with E-state index in [-0.39, 0.29) is 0 Å². The molecule has 0 saturated carbocycles. The minimum Gasteiger partial charge on any atom is -0.381 e. The van der Waals surface area contributed by atoms with E-state index in [1.807, 2.05) is 23.5 Å². The van der Waals surface area contributed by atoms with E-state index < -0.39 is 0 Å². The van der Waals surface area contributed by atoms with Gasteiger partial charge in [-0.15, -0.1) is 23.5 Å². The smallest absolute Gasteiger partial charge is 0.107 e.